The second-order valence-corrected chi connectivity index (χ2v) is 4.90. The minimum atomic E-state index is 0.255. The zero-order valence-electron chi connectivity index (χ0n) is 11.1. The molecule has 0 saturated carbocycles. The quantitative estimate of drug-likeness (QED) is 0.911. The van der Waals surface area contributed by atoms with Crippen LogP contribution in [0.4, 0.5) is 0 Å². The average Bonchev–Trinajstić information content (AvgIpc) is 2.93. The fraction of sp³-hybridized carbons (Fsp3) is 0.312. The highest BCUT2D eigenvalue weighted by molar-refractivity contribution is 5.39. The van der Waals surface area contributed by atoms with Gasteiger partial charge in [-0.1, -0.05) is 18.2 Å². The van der Waals surface area contributed by atoms with Gasteiger partial charge in [-0.15, -0.1) is 0 Å². The molecule has 3 rings (SSSR count). The van der Waals surface area contributed by atoms with E-state index in [0.717, 1.165) is 31.0 Å². The number of rotatable bonds is 4. The van der Waals surface area contributed by atoms with Crippen LogP contribution in [-0.2, 0) is 13.0 Å². The number of pyridine rings is 1. The number of hydrogen-bond acceptors (Lipinski definition) is 3. The summed E-state index contributed by atoms with van der Waals surface area (Å²) >= 11 is 0. The molecule has 3 nitrogen and oxygen atoms in total. The van der Waals surface area contributed by atoms with Crippen LogP contribution in [-0.4, -0.2) is 11.6 Å². The topological polar surface area (TPSA) is 34.1 Å². The molecule has 0 radical (unpaired) electrons. The Hall–Kier alpha value is -1.87. The lowest BCUT2D eigenvalue weighted by Crippen LogP contribution is -2.18. The van der Waals surface area contributed by atoms with Crippen LogP contribution in [0.1, 0.15) is 29.8 Å². The van der Waals surface area contributed by atoms with E-state index in [-0.39, 0.29) is 6.04 Å². The summed E-state index contributed by atoms with van der Waals surface area (Å²) in [5.74, 6) is 1.04. The molecule has 3 heteroatoms. The largest absolute Gasteiger partial charge is 0.493 e. The molecule has 0 saturated heterocycles. The van der Waals surface area contributed by atoms with Gasteiger partial charge in [0.05, 0.1) is 12.3 Å². The van der Waals surface area contributed by atoms with E-state index in [4.69, 9.17) is 4.74 Å². The smallest absolute Gasteiger partial charge is 0.122 e. The van der Waals surface area contributed by atoms with Gasteiger partial charge in [0.2, 0.25) is 0 Å². The van der Waals surface area contributed by atoms with Gasteiger partial charge in [-0.3, -0.25) is 4.98 Å². The van der Waals surface area contributed by atoms with Gasteiger partial charge in [-0.2, -0.15) is 0 Å². The Kier molecular flexibility index (Phi) is 3.47. The number of nitrogens with one attached hydrogen (secondary N) is 1. The van der Waals surface area contributed by atoms with Crippen molar-refractivity contribution < 1.29 is 4.74 Å². The van der Waals surface area contributed by atoms with Crippen LogP contribution in [0, 0.1) is 0 Å². The van der Waals surface area contributed by atoms with Gasteiger partial charge < -0.3 is 10.1 Å². The number of ether oxygens (including phenoxy) is 1. The molecule has 2 aromatic rings. The highest BCUT2D eigenvalue weighted by atomic mass is 16.5. The van der Waals surface area contributed by atoms with E-state index in [0.29, 0.717) is 0 Å². The zero-order chi connectivity index (χ0) is 13.1. The van der Waals surface area contributed by atoms with Crippen LogP contribution in [0.5, 0.6) is 5.75 Å². The monoisotopic (exact) mass is 254 g/mol. The van der Waals surface area contributed by atoms with Gasteiger partial charge >= 0.3 is 0 Å². The first-order valence-electron chi connectivity index (χ1n) is 6.72. The van der Waals surface area contributed by atoms with Gasteiger partial charge in [-0.25, -0.2) is 0 Å². The third-order valence-electron chi connectivity index (χ3n) is 3.50. The van der Waals surface area contributed by atoms with E-state index in [1.54, 1.807) is 0 Å². The van der Waals surface area contributed by atoms with Gasteiger partial charge in [-0.05, 0) is 36.2 Å². The third kappa shape index (κ3) is 2.76. The van der Waals surface area contributed by atoms with Crippen LogP contribution < -0.4 is 10.1 Å². The molecule has 0 spiro atoms. The van der Waals surface area contributed by atoms with Crippen LogP contribution in [0.3, 0.4) is 0 Å². The molecule has 1 aliphatic rings. The predicted octanol–water partition coefficient (Wildman–Crippen LogP) is 2.87. The normalized spacial score (nSPS) is 14.8. The first kappa shape index (κ1) is 12.2. The Morgan fingerprint density at radius 3 is 3.11 bits per heavy atom. The van der Waals surface area contributed by atoms with Crippen LogP contribution >= 0.6 is 0 Å². The molecule has 0 aliphatic carbocycles. The Morgan fingerprint density at radius 1 is 1.32 bits per heavy atom. The SMILES string of the molecule is CC(NCc1ccc2c(c1)CCO2)c1ccccn1. The number of nitrogens with zero attached hydrogens (tertiary/aromatic N) is 1. The second-order valence-electron chi connectivity index (χ2n) is 4.90. The summed E-state index contributed by atoms with van der Waals surface area (Å²) < 4.78 is 5.52. The molecule has 2 heterocycles. The van der Waals surface area contributed by atoms with Crippen molar-refractivity contribution in [2.75, 3.05) is 6.61 Å². The Morgan fingerprint density at radius 2 is 2.26 bits per heavy atom. The molecule has 1 aromatic carbocycles. The molecule has 19 heavy (non-hydrogen) atoms. The molecule has 1 aliphatic heterocycles. The zero-order valence-corrected chi connectivity index (χ0v) is 11.1. The number of aromatic nitrogens is 1. The van der Waals surface area contributed by atoms with Gasteiger partial charge in [0.25, 0.3) is 0 Å². The fourth-order valence-electron chi connectivity index (χ4n) is 2.36. The molecule has 1 atom stereocenters. The second kappa shape index (κ2) is 5.41. The summed E-state index contributed by atoms with van der Waals surface area (Å²) in [5.41, 5.74) is 3.70. The number of hydrogen-bond donors (Lipinski definition) is 1. The highest BCUT2D eigenvalue weighted by Crippen LogP contribution is 2.26. The summed E-state index contributed by atoms with van der Waals surface area (Å²) in [4.78, 5) is 4.37. The maximum absolute atomic E-state index is 5.52. The standard InChI is InChI=1S/C16H18N2O/c1-12(15-4-2-3-8-17-15)18-11-13-5-6-16-14(10-13)7-9-19-16/h2-6,8,10,12,18H,7,9,11H2,1H3. The minimum absolute atomic E-state index is 0.255. The van der Waals surface area contributed by atoms with E-state index in [1.165, 1.54) is 11.1 Å². The van der Waals surface area contributed by atoms with Crippen molar-refractivity contribution in [1.29, 1.82) is 0 Å². The Bertz CT molecular complexity index is 554. The van der Waals surface area contributed by atoms with E-state index in [2.05, 4.69) is 35.4 Å². The number of benzene rings is 1. The summed E-state index contributed by atoms with van der Waals surface area (Å²) in [5, 5.41) is 3.50. The molecule has 1 unspecified atom stereocenters. The molecular weight excluding hydrogens is 236 g/mol. The van der Waals surface area contributed by atoms with Crippen LogP contribution in [0.15, 0.2) is 42.6 Å². The van der Waals surface area contributed by atoms with Crippen molar-refractivity contribution in [3.05, 3.63) is 59.4 Å². The lowest BCUT2D eigenvalue weighted by atomic mass is 10.1. The molecule has 0 bridgehead atoms. The number of fused-ring (bicyclic) bond motifs is 1. The molecule has 1 aromatic heterocycles. The Labute approximate surface area is 113 Å². The van der Waals surface area contributed by atoms with Crippen molar-refractivity contribution in [3.63, 3.8) is 0 Å². The molecular formula is C16H18N2O. The van der Waals surface area contributed by atoms with E-state index < -0.39 is 0 Å². The first-order chi connectivity index (χ1) is 9.33. The summed E-state index contributed by atoms with van der Waals surface area (Å²) in [6, 6.07) is 12.7. The lowest BCUT2D eigenvalue weighted by molar-refractivity contribution is 0.357. The molecule has 0 amide bonds. The van der Waals surface area contributed by atoms with Crippen LogP contribution in [0.25, 0.3) is 0 Å². The molecule has 98 valence electrons. The summed E-state index contributed by atoms with van der Waals surface area (Å²) in [7, 11) is 0. The van der Waals surface area contributed by atoms with E-state index >= 15 is 0 Å². The highest BCUT2D eigenvalue weighted by Gasteiger charge is 2.12. The van der Waals surface area contributed by atoms with Crippen molar-refractivity contribution >= 4 is 0 Å². The maximum atomic E-state index is 5.52. The maximum Gasteiger partial charge on any atom is 0.122 e. The first-order valence-corrected chi connectivity index (χ1v) is 6.72. The van der Waals surface area contributed by atoms with Crippen molar-refractivity contribution in [3.8, 4) is 5.75 Å². The third-order valence-corrected chi connectivity index (χ3v) is 3.50. The molecule has 0 fully saturated rings. The lowest BCUT2D eigenvalue weighted by Gasteiger charge is -2.13. The summed E-state index contributed by atoms with van der Waals surface area (Å²) in [6.07, 6.45) is 2.86. The van der Waals surface area contributed by atoms with Crippen LogP contribution in [0.2, 0.25) is 0 Å². The fourth-order valence-corrected chi connectivity index (χ4v) is 2.36. The van der Waals surface area contributed by atoms with Gasteiger partial charge in [0.15, 0.2) is 0 Å². The van der Waals surface area contributed by atoms with Crippen molar-refractivity contribution in [2.24, 2.45) is 0 Å². The van der Waals surface area contributed by atoms with Crippen molar-refractivity contribution in [1.82, 2.24) is 10.3 Å². The Balaban J connectivity index is 1.63. The molecule has 1 N–H and O–H groups in total. The van der Waals surface area contributed by atoms with Gasteiger partial charge in [0, 0.05) is 25.2 Å². The van der Waals surface area contributed by atoms with Crippen molar-refractivity contribution in [2.45, 2.75) is 25.9 Å². The van der Waals surface area contributed by atoms with E-state index in [9.17, 15) is 0 Å². The van der Waals surface area contributed by atoms with Gasteiger partial charge in [0.1, 0.15) is 5.75 Å². The predicted molar refractivity (Wildman–Crippen MR) is 75.1 cm³/mol. The average molecular weight is 254 g/mol. The summed E-state index contributed by atoms with van der Waals surface area (Å²) in [6.45, 7) is 3.81. The van der Waals surface area contributed by atoms with E-state index in [1.807, 2.05) is 24.4 Å². The minimum Gasteiger partial charge on any atom is -0.493 e.